The number of aryl methyl sites for hydroxylation is 1. The van der Waals surface area contributed by atoms with Gasteiger partial charge >= 0.3 is 0 Å². The standard InChI is InChI=1S/C11H12N2O2/c1-6-4-8-5-13(3)11(15)7(2)9(8)12-10(6)14/h5H,1,4H2,2-3H3,(H,12,14). The molecule has 4 heteroatoms. The molecule has 1 amide bonds. The van der Waals surface area contributed by atoms with Crippen molar-refractivity contribution < 1.29 is 4.79 Å². The minimum Gasteiger partial charge on any atom is -0.322 e. The normalized spacial score (nSPS) is 14.8. The number of amides is 1. The molecule has 0 atom stereocenters. The summed E-state index contributed by atoms with van der Waals surface area (Å²) in [5.74, 6) is -0.196. The fourth-order valence-electron chi connectivity index (χ4n) is 1.79. The van der Waals surface area contributed by atoms with Gasteiger partial charge in [-0.1, -0.05) is 6.58 Å². The summed E-state index contributed by atoms with van der Waals surface area (Å²) in [6.07, 6.45) is 2.26. The van der Waals surface area contributed by atoms with Gasteiger partial charge in [-0.3, -0.25) is 9.59 Å². The van der Waals surface area contributed by atoms with Crippen LogP contribution < -0.4 is 10.9 Å². The molecule has 78 valence electrons. The van der Waals surface area contributed by atoms with Crippen molar-refractivity contribution in [2.45, 2.75) is 13.3 Å². The predicted molar refractivity (Wildman–Crippen MR) is 57.9 cm³/mol. The zero-order chi connectivity index (χ0) is 11.2. The minimum atomic E-state index is -0.196. The zero-order valence-electron chi connectivity index (χ0n) is 8.76. The van der Waals surface area contributed by atoms with Crippen molar-refractivity contribution in [3.8, 4) is 0 Å². The molecule has 0 fully saturated rings. The van der Waals surface area contributed by atoms with Crippen molar-refractivity contribution in [3.63, 3.8) is 0 Å². The summed E-state index contributed by atoms with van der Waals surface area (Å²) < 4.78 is 1.53. The van der Waals surface area contributed by atoms with Crippen LogP contribution in [0.1, 0.15) is 11.1 Å². The van der Waals surface area contributed by atoms with Gasteiger partial charge in [0.2, 0.25) is 0 Å². The summed E-state index contributed by atoms with van der Waals surface area (Å²) in [5, 5.41) is 2.69. The van der Waals surface area contributed by atoms with E-state index in [4.69, 9.17) is 0 Å². The van der Waals surface area contributed by atoms with E-state index in [0.29, 0.717) is 23.2 Å². The highest BCUT2D eigenvalue weighted by molar-refractivity contribution is 6.06. The molecule has 0 unspecified atom stereocenters. The van der Waals surface area contributed by atoms with Crippen molar-refractivity contribution in [2.75, 3.05) is 5.32 Å². The Kier molecular flexibility index (Phi) is 2.00. The van der Waals surface area contributed by atoms with E-state index >= 15 is 0 Å². The maximum atomic E-state index is 11.6. The van der Waals surface area contributed by atoms with Gasteiger partial charge in [0.25, 0.3) is 11.5 Å². The van der Waals surface area contributed by atoms with Crippen LogP contribution in [-0.2, 0) is 18.3 Å². The second kappa shape index (κ2) is 3.08. The van der Waals surface area contributed by atoms with Crippen LogP contribution in [0.15, 0.2) is 23.1 Å². The molecule has 1 aliphatic rings. The average molecular weight is 204 g/mol. The van der Waals surface area contributed by atoms with Gasteiger partial charge in [-0.15, -0.1) is 0 Å². The molecule has 1 aromatic rings. The lowest BCUT2D eigenvalue weighted by Gasteiger charge is -2.20. The zero-order valence-corrected chi connectivity index (χ0v) is 8.76. The molecule has 1 N–H and O–H groups in total. The number of carbonyl (C=O) groups is 1. The second-order valence-electron chi connectivity index (χ2n) is 3.80. The summed E-state index contributed by atoms with van der Waals surface area (Å²) in [5.41, 5.74) is 2.62. The Balaban J connectivity index is 2.69. The molecule has 0 bridgehead atoms. The molecule has 4 nitrogen and oxygen atoms in total. The van der Waals surface area contributed by atoms with Crippen molar-refractivity contribution in [1.82, 2.24) is 4.57 Å². The smallest absolute Gasteiger partial charge is 0.255 e. The van der Waals surface area contributed by atoms with Crippen molar-refractivity contribution in [1.29, 1.82) is 0 Å². The number of hydrogen-bond donors (Lipinski definition) is 1. The third kappa shape index (κ3) is 1.38. The Morgan fingerprint density at radius 2 is 2.13 bits per heavy atom. The number of nitrogens with zero attached hydrogens (tertiary/aromatic N) is 1. The van der Waals surface area contributed by atoms with E-state index in [0.717, 1.165) is 5.56 Å². The van der Waals surface area contributed by atoms with Crippen molar-refractivity contribution in [3.05, 3.63) is 39.8 Å². The summed E-state index contributed by atoms with van der Waals surface area (Å²) in [4.78, 5) is 23.0. The van der Waals surface area contributed by atoms with Crippen LogP contribution in [0, 0.1) is 6.92 Å². The highest BCUT2D eigenvalue weighted by atomic mass is 16.2. The lowest BCUT2D eigenvalue weighted by atomic mass is 9.99. The molecular formula is C11H12N2O2. The van der Waals surface area contributed by atoms with Crippen LogP contribution in [-0.4, -0.2) is 10.5 Å². The van der Waals surface area contributed by atoms with Gasteiger partial charge in [0, 0.05) is 30.8 Å². The van der Waals surface area contributed by atoms with E-state index in [1.54, 1.807) is 20.2 Å². The van der Waals surface area contributed by atoms with Crippen LogP contribution >= 0.6 is 0 Å². The molecule has 2 rings (SSSR count). The number of aromatic nitrogens is 1. The molecule has 0 saturated carbocycles. The summed E-state index contributed by atoms with van der Waals surface area (Å²) in [6, 6.07) is 0. The Morgan fingerprint density at radius 3 is 2.80 bits per heavy atom. The van der Waals surface area contributed by atoms with Gasteiger partial charge in [-0.25, -0.2) is 0 Å². The highest BCUT2D eigenvalue weighted by Crippen LogP contribution is 2.25. The Bertz CT molecular complexity index is 526. The van der Waals surface area contributed by atoms with Crippen LogP contribution in [0.4, 0.5) is 5.69 Å². The Labute approximate surface area is 87.2 Å². The fraction of sp³-hybridized carbons (Fsp3) is 0.273. The van der Waals surface area contributed by atoms with Crippen LogP contribution in [0.3, 0.4) is 0 Å². The largest absolute Gasteiger partial charge is 0.322 e. The maximum Gasteiger partial charge on any atom is 0.255 e. The first-order valence-electron chi connectivity index (χ1n) is 4.69. The van der Waals surface area contributed by atoms with E-state index in [1.165, 1.54) is 4.57 Å². The third-order valence-corrected chi connectivity index (χ3v) is 2.65. The number of rotatable bonds is 0. The topological polar surface area (TPSA) is 51.1 Å². The van der Waals surface area contributed by atoms with E-state index in [-0.39, 0.29) is 11.5 Å². The van der Waals surface area contributed by atoms with Crippen LogP contribution in [0.2, 0.25) is 0 Å². The number of carbonyl (C=O) groups excluding carboxylic acids is 1. The second-order valence-corrected chi connectivity index (χ2v) is 3.80. The minimum absolute atomic E-state index is 0.0819. The number of nitrogens with one attached hydrogen (secondary N) is 1. The Hall–Kier alpha value is -1.84. The SMILES string of the molecule is C=C1Cc2cn(C)c(=O)c(C)c2NC1=O. The lowest BCUT2D eigenvalue weighted by Crippen LogP contribution is -2.28. The summed E-state index contributed by atoms with van der Waals surface area (Å²) >= 11 is 0. The molecule has 2 heterocycles. The van der Waals surface area contributed by atoms with Gasteiger partial charge in [-0.2, -0.15) is 0 Å². The van der Waals surface area contributed by atoms with E-state index in [2.05, 4.69) is 11.9 Å². The fourth-order valence-corrected chi connectivity index (χ4v) is 1.79. The van der Waals surface area contributed by atoms with Gasteiger partial charge < -0.3 is 9.88 Å². The van der Waals surface area contributed by atoms with E-state index in [1.807, 2.05) is 0 Å². The molecule has 0 saturated heterocycles. The number of hydrogen-bond acceptors (Lipinski definition) is 2. The lowest BCUT2D eigenvalue weighted by molar-refractivity contribution is -0.113. The average Bonchev–Trinajstić information content (AvgIpc) is 2.19. The van der Waals surface area contributed by atoms with Gasteiger partial charge in [0.1, 0.15) is 0 Å². The van der Waals surface area contributed by atoms with Gasteiger partial charge in [0.05, 0.1) is 5.69 Å². The molecule has 1 aromatic heterocycles. The molecule has 0 aliphatic carbocycles. The van der Waals surface area contributed by atoms with Crippen molar-refractivity contribution >= 4 is 11.6 Å². The first-order valence-corrected chi connectivity index (χ1v) is 4.69. The van der Waals surface area contributed by atoms with Crippen molar-refractivity contribution in [2.24, 2.45) is 7.05 Å². The number of pyridine rings is 1. The summed E-state index contributed by atoms with van der Waals surface area (Å²) in [7, 11) is 1.70. The number of fused-ring (bicyclic) bond motifs is 1. The van der Waals surface area contributed by atoms with E-state index in [9.17, 15) is 9.59 Å². The Morgan fingerprint density at radius 1 is 1.47 bits per heavy atom. The molecule has 1 aliphatic heterocycles. The maximum absolute atomic E-state index is 11.6. The monoisotopic (exact) mass is 204 g/mol. The summed E-state index contributed by atoms with van der Waals surface area (Å²) in [6.45, 7) is 5.39. The van der Waals surface area contributed by atoms with Crippen LogP contribution in [0.5, 0.6) is 0 Å². The van der Waals surface area contributed by atoms with Gasteiger partial charge in [0.15, 0.2) is 0 Å². The van der Waals surface area contributed by atoms with Crippen LogP contribution in [0.25, 0.3) is 0 Å². The van der Waals surface area contributed by atoms with Gasteiger partial charge in [-0.05, 0) is 12.5 Å². The first-order chi connectivity index (χ1) is 7.00. The quantitative estimate of drug-likeness (QED) is 0.634. The third-order valence-electron chi connectivity index (χ3n) is 2.65. The molecule has 0 spiro atoms. The van der Waals surface area contributed by atoms with E-state index < -0.39 is 0 Å². The molecule has 0 radical (unpaired) electrons. The number of anilines is 1. The molecule has 0 aromatic carbocycles. The molecular weight excluding hydrogens is 192 g/mol. The predicted octanol–water partition coefficient (Wildman–Crippen LogP) is 0.745. The highest BCUT2D eigenvalue weighted by Gasteiger charge is 2.21. The first kappa shape index (κ1) is 9.71. The molecule has 15 heavy (non-hydrogen) atoms.